The lowest BCUT2D eigenvalue weighted by Gasteiger charge is -2.17. The Morgan fingerprint density at radius 2 is 0.780 bits per heavy atom. The fourth-order valence-electron chi connectivity index (χ4n) is 5.57. The second-order valence-corrected chi connectivity index (χ2v) is 16.1. The maximum absolute atomic E-state index is 5.42. The van der Waals surface area contributed by atoms with Crippen LogP contribution in [0.15, 0.2) is 141 Å². The zero-order valence-corrected chi connectivity index (χ0v) is 31.6. The van der Waals surface area contributed by atoms with Crippen LogP contribution in [0, 0.1) is 0 Å². The van der Waals surface area contributed by atoms with E-state index in [0.717, 1.165) is 48.4 Å². The van der Waals surface area contributed by atoms with E-state index in [2.05, 4.69) is 66.7 Å². The molecule has 0 aliphatic carbocycles. The summed E-state index contributed by atoms with van der Waals surface area (Å²) in [5.74, 6) is 8.74. The Bertz CT molecular complexity index is 1340. The monoisotopic (exact) mass is 740 g/mol. The molecule has 5 aromatic rings. The average molecular weight is 741 g/mol. The number of benzene rings is 5. The Morgan fingerprint density at radius 3 is 1.42 bits per heavy atom. The van der Waals surface area contributed by atoms with E-state index >= 15 is 0 Å². The minimum Gasteiger partial charge on any atom is -0.493 e. The van der Waals surface area contributed by atoms with Crippen LogP contribution in [-0.4, -0.2) is 49.4 Å². The fourth-order valence-corrected chi connectivity index (χ4v) is 9.67. The zero-order chi connectivity index (χ0) is 34.1. The van der Waals surface area contributed by atoms with Gasteiger partial charge in [0.2, 0.25) is 0 Å². The first-order valence-electron chi connectivity index (χ1n) is 17.3. The van der Waals surface area contributed by atoms with Crippen molar-refractivity contribution in [2.75, 3.05) is 49.4 Å². The molecule has 0 spiro atoms. The molecule has 4 nitrogen and oxygen atoms in total. The molecular weight excluding hydrogens is 697 g/mol. The summed E-state index contributed by atoms with van der Waals surface area (Å²) in [6.45, 7) is 3.06. The minimum atomic E-state index is 0.664. The van der Waals surface area contributed by atoms with Gasteiger partial charge in [-0.15, -0.1) is 47.0 Å². The van der Waals surface area contributed by atoms with Gasteiger partial charge in [-0.2, -0.15) is 0 Å². The third kappa shape index (κ3) is 11.4. The lowest BCUT2D eigenvalue weighted by Crippen LogP contribution is -2.14. The molecule has 0 fully saturated rings. The molecule has 5 heterocycles. The molecule has 50 heavy (non-hydrogen) atoms. The number of fused-ring (bicyclic) bond motifs is 5. The van der Waals surface area contributed by atoms with E-state index < -0.39 is 0 Å². The molecule has 5 aliphatic rings. The van der Waals surface area contributed by atoms with Crippen molar-refractivity contribution < 1.29 is 18.9 Å². The smallest absolute Gasteiger partial charge is 0.161 e. The molecule has 0 radical (unpaired) electrons. The summed E-state index contributed by atoms with van der Waals surface area (Å²) in [7, 11) is 0. The minimum absolute atomic E-state index is 0.664. The van der Waals surface area contributed by atoms with Crippen molar-refractivity contribution in [2.45, 2.75) is 45.3 Å². The summed E-state index contributed by atoms with van der Waals surface area (Å²) >= 11 is 7.79. The third-order valence-corrected chi connectivity index (χ3v) is 12.7. The average Bonchev–Trinajstić information content (AvgIpc) is 3.22. The first-order chi connectivity index (χ1) is 24.8. The number of para-hydroxylation sites is 4. The van der Waals surface area contributed by atoms with Gasteiger partial charge in [0.25, 0.3) is 0 Å². The molecule has 5 aliphatic heterocycles. The highest BCUT2D eigenvalue weighted by molar-refractivity contribution is 8.05. The normalized spacial score (nSPS) is 15.8. The summed E-state index contributed by atoms with van der Waals surface area (Å²) in [5.41, 5.74) is 2.90. The summed E-state index contributed by atoms with van der Waals surface area (Å²) < 4.78 is 21.4. The highest BCUT2D eigenvalue weighted by atomic mass is 32.2. The highest BCUT2D eigenvalue weighted by Crippen LogP contribution is 2.36. The van der Waals surface area contributed by atoms with Crippen LogP contribution < -0.4 is 18.9 Å². The quantitative estimate of drug-likeness (QED) is 0.155. The number of hydrogen-bond donors (Lipinski definition) is 0. The largest absolute Gasteiger partial charge is 0.493 e. The molecule has 0 saturated carbocycles. The molecule has 0 saturated heterocycles. The first kappa shape index (κ1) is 36.5. The lowest BCUT2D eigenvalue weighted by molar-refractivity contribution is 0.171. The van der Waals surface area contributed by atoms with Gasteiger partial charge in [-0.05, 0) is 91.1 Å². The van der Waals surface area contributed by atoms with Crippen LogP contribution in [0.25, 0.3) is 0 Å². The Balaban J connectivity index is 0.000000108. The maximum Gasteiger partial charge on any atom is 0.161 e. The molecule has 10 rings (SSSR count). The van der Waals surface area contributed by atoms with Gasteiger partial charge in [0, 0.05) is 36.8 Å². The molecule has 0 unspecified atom stereocenters. The highest BCUT2D eigenvalue weighted by Gasteiger charge is 2.10. The Morgan fingerprint density at radius 1 is 0.320 bits per heavy atom. The van der Waals surface area contributed by atoms with Gasteiger partial charge in [-0.3, -0.25) is 0 Å². The predicted molar refractivity (Wildman–Crippen MR) is 214 cm³/mol. The maximum atomic E-state index is 5.42. The van der Waals surface area contributed by atoms with Gasteiger partial charge in [-0.25, -0.2) is 0 Å². The van der Waals surface area contributed by atoms with Crippen molar-refractivity contribution in [1.82, 2.24) is 0 Å². The van der Waals surface area contributed by atoms with Crippen molar-refractivity contribution in [2.24, 2.45) is 0 Å². The first-order valence-corrected chi connectivity index (χ1v) is 21.2. The van der Waals surface area contributed by atoms with Gasteiger partial charge >= 0.3 is 0 Å². The van der Waals surface area contributed by atoms with Gasteiger partial charge in [0.05, 0.1) is 13.2 Å². The van der Waals surface area contributed by atoms with Crippen molar-refractivity contribution in [3.8, 4) is 23.0 Å². The molecule has 0 amide bonds. The van der Waals surface area contributed by atoms with E-state index in [1.54, 1.807) is 5.56 Å². The second-order valence-electron chi connectivity index (χ2n) is 11.6. The SMILES string of the molecule is c1ccc2c(c1)CCCO2.c1ccc2c(c1)CCCS2.c1ccc2c(c1)OCCO2.c1ccc2c(c1)OCCS2.c1ccc2c(c1)SCCS2. The Kier molecular flexibility index (Phi) is 15.0. The summed E-state index contributed by atoms with van der Waals surface area (Å²) in [4.78, 5) is 5.68. The summed E-state index contributed by atoms with van der Waals surface area (Å²) in [6, 6.07) is 41.4. The van der Waals surface area contributed by atoms with Crippen molar-refractivity contribution >= 4 is 47.0 Å². The predicted octanol–water partition coefficient (Wildman–Crippen LogP) is 11.2. The van der Waals surface area contributed by atoms with Gasteiger partial charge in [0.1, 0.15) is 24.7 Å². The summed E-state index contributed by atoms with van der Waals surface area (Å²) in [6.07, 6.45) is 4.97. The van der Waals surface area contributed by atoms with Crippen LogP contribution in [0.3, 0.4) is 0 Å². The van der Waals surface area contributed by atoms with Crippen LogP contribution in [0.4, 0.5) is 0 Å². The molecule has 0 aromatic heterocycles. The van der Waals surface area contributed by atoms with Crippen LogP contribution in [0.5, 0.6) is 23.0 Å². The van der Waals surface area contributed by atoms with Crippen LogP contribution in [0.2, 0.25) is 0 Å². The van der Waals surface area contributed by atoms with E-state index in [1.165, 1.54) is 61.7 Å². The number of thioether (sulfide) groups is 4. The third-order valence-electron chi connectivity index (χ3n) is 7.98. The van der Waals surface area contributed by atoms with Gasteiger partial charge < -0.3 is 18.9 Å². The molecule has 0 N–H and O–H groups in total. The van der Waals surface area contributed by atoms with Crippen LogP contribution >= 0.6 is 47.0 Å². The van der Waals surface area contributed by atoms with Crippen molar-refractivity contribution in [1.29, 1.82) is 0 Å². The van der Waals surface area contributed by atoms with Gasteiger partial charge in [0.15, 0.2) is 11.5 Å². The molecule has 5 aromatic carbocycles. The standard InChI is InChI=1S/C9H10O.C9H10S.C8H8O2.C8H8OS.C8H8S2/c2*1-2-6-9-8(4-1)5-3-7-10-9;3*1-2-4-8-7(3-1)9-5-6-10-8/h2*1-2,4,6H,3,5,7H2;3*1-4H,5-6H2. The molecule has 260 valence electrons. The van der Waals surface area contributed by atoms with E-state index in [-0.39, 0.29) is 0 Å². The van der Waals surface area contributed by atoms with E-state index in [9.17, 15) is 0 Å². The molecular formula is C42H44O4S4. The Labute approximate surface area is 314 Å². The zero-order valence-electron chi connectivity index (χ0n) is 28.3. The van der Waals surface area contributed by atoms with Gasteiger partial charge in [-0.1, -0.05) is 72.8 Å². The van der Waals surface area contributed by atoms with Crippen molar-refractivity contribution in [3.63, 3.8) is 0 Å². The van der Waals surface area contributed by atoms with E-state index in [1.807, 2.05) is 102 Å². The lowest BCUT2D eigenvalue weighted by atomic mass is 10.1. The topological polar surface area (TPSA) is 36.9 Å². The fraction of sp³-hybridized carbons (Fsp3) is 0.286. The van der Waals surface area contributed by atoms with E-state index in [0.29, 0.717) is 13.2 Å². The summed E-state index contributed by atoms with van der Waals surface area (Å²) in [5, 5.41) is 0. The van der Waals surface area contributed by atoms with Crippen molar-refractivity contribution in [3.05, 3.63) is 132 Å². The van der Waals surface area contributed by atoms with Crippen LogP contribution in [0.1, 0.15) is 24.0 Å². The molecule has 8 heteroatoms. The van der Waals surface area contributed by atoms with Crippen LogP contribution in [-0.2, 0) is 12.8 Å². The number of rotatable bonds is 0. The number of ether oxygens (including phenoxy) is 4. The molecule has 0 bridgehead atoms. The Hall–Kier alpha value is -3.30. The molecule has 0 atom stereocenters. The number of hydrogen-bond acceptors (Lipinski definition) is 8. The van der Waals surface area contributed by atoms with E-state index in [4.69, 9.17) is 18.9 Å². The second kappa shape index (κ2) is 20.5. The number of aryl methyl sites for hydroxylation is 2.